The highest BCUT2D eigenvalue weighted by molar-refractivity contribution is 5.77. The summed E-state index contributed by atoms with van der Waals surface area (Å²) in [4.78, 5) is 18.3. The molecule has 0 saturated carbocycles. The van der Waals surface area contributed by atoms with Crippen molar-refractivity contribution in [3.05, 3.63) is 24.1 Å². The minimum absolute atomic E-state index is 0.191. The van der Waals surface area contributed by atoms with E-state index in [1.54, 1.807) is 12.1 Å². The first kappa shape index (κ1) is 13.0. The van der Waals surface area contributed by atoms with Gasteiger partial charge in [-0.1, -0.05) is 6.92 Å². The third-order valence-electron chi connectivity index (χ3n) is 3.88. The minimum atomic E-state index is 0.191. The molecule has 1 unspecified atom stereocenters. The van der Waals surface area contributed by atoms with Crippen LogP contribution in [0.25, 0.3) is 11.1 Å². The fraction of sp³-hybridized carbons (Fsp3) is 0.467. The molecule has 3 rings (SSSR count). The first-order valence-corrected chi connectivity index (χ1v) is 7.04. The second kappa shape index (κ2) is 5.15. The average Bonchev–Trinajstić information content (AvgIpc) is 2.74. The summed E-state index contributed by atoms with van der Waals surface area (Å²) in [5.41, 5.74) is 7.83. The second-order valence-electron chi connectivity index (χ2n) is 5.58. The Morgan fingerprint density at radius 2 is 2.30 bits per heavy atom. The van der Waals surface area contributed by atoms with E-state index in [2.05, 4.69) is 11.9 Å². The van der Waals surface area contributed by atoms with Crippen LogP contribution in [0, 0.1) is 5.92 Å². The molecule has 1 aromatic carbocycles. The second-order valence-corrected chi connectivity index (χ2v) is 5.58. The number of carbonyl (C=O) groups excluding carboxylic acids is 1. The third kappa shape index (κ3) is 2.61. The Bertz CT molecular complexity index is 635. The molecule has 2 aromatic rings. The number of nitrogens with zero attached hydrogens (tertiary/aromatic N) is 2. The van der Waals surface area contributed by atoms with Crippen molar-refractivity contribution in [1.29, 1.82) is 0 Å². The number of nitrogens with two attached hydrogens (primary N) is 1. The van der Waals surface area contributed by atoms with Crippen LogP contribution < -0.4 is 5.73 Å². The Morgan fingerprint density at radius 1 is 1.45 bits per heavy atom. The molecule has 1 aromatic heterocycles. The molecule has 0 bridgehead atoms. The molecule has 106 valence electrons. The lowest BCUT2D eigenvalue weighted by molar-refractivity contribution is -0.131. The largest absolute Gasteiger partial charge is 0.439 e. The Hall–Kier alpha value is -2.04. The van der Waals surface area contributed by atoms with E-state index in [1.807, 2.05) is 11.0 Å². The highest BCUT2D eigenvalue weighted by Crippen LogP contribution is 2.22. The predicted octanol–water partition coefficient (Wildman–Crippen LogP) is 2.56. The summed E-state index contributed by atoms with van der Waals surface area (Å²) in [6, 6.07) is 5.40. The summed E-state index contributed by atoms with van der Waals surface area (Å²) >= 11 is 0. The number of nitrogen functional groups attached to an aromatic ring is 1. The lowest BCUT2D eigenvalue weighted by Gasteiger charge is -2.18. The highest BCUT2D eigenvalue weighted by Gasteiger charge is 2.21. The molecule has 1 aliphatic heterocycles. The van der Waals surface area contributed by atoms with Gasteiger partial charge >= 0.3 is 0 Å². The zero-order chi connectivity index (χ0) is 14.1. The van der Waals surface area contributed by atoms with Gasteiger partial charge in [0, 0.05) is 24.7 Å². The topological polar surface area (TPSA) is 72.4 Å². The van der Waals surface area contributed by atoms with E-state index in [-0.39, 0.29) is 5.91 Å². The zero-order valence-corrected chi connectivity index (χ0v) is 11.6. The summed E-state index contributed by atoms with van der Waals surface area (Å²) in [6.45, 7) is 3.42. The SMILES string of the molecule is CC1CCC(=O)N(Cc2nc3ccc(N)cc3o2)CC1. The van der Waals surface area contributed by atoms with Crippen LogP contribution in [0.5, 0.6) is 0 Å². The van der Waals surface area contributed by atoms with Gasteiger partial charge in [-0.25, -0.2) is 4.98 Å². The highest BCUT2D eigenvalue weighted by atomic mass is 16.3. The molecule has 0 radical (unpaired) electrons. The van der Waals surface area contributed by atoms with E-state index in [0.29, 0.717) is 36.0 Å². The van der Waals surface area contributed by atoms with Gasteiger partial charge < -0.3 is 15.1 Å². The van der Waals surface area contributed by atoms with Crippen molar-refractivity contribution in [2.75, 3.05) is 12.3 Å². The van der Waals surface area contributed by atoms with Crippen LogP contribution in [0.3, 0.4) is 0 Å². The molecule has 0 aliphatic carbocycles. The van der Waals surface area contributed by atoms with E-state index in [9.17, 15) is 4.79 Å². The van der Waals surface area contributed by atoms with Crippen molar-refractivity contribution in [2.24, 2.45) is 5.92 Å². The van der Waals surface area contributed by atoms with Gasteiger partial charge in [0.2, 0.25) is 11.8 Å². The van der Waals surface area contributed by atoms with Crippen molar-refractivity contribution in [3.8, 4) is 0 Å². The number of aromatic nitrogens is 1. The van der Waals surface area contributed by atoms with Crippen LogP contribution in [0.15, 0.2) is 22.6 Å². The minimum Gasteiger partial charge on any atom is -0.439 e. The average molecular weight is 273 g/mol. The van der Waals surface area contributed by atoms with Gasteiger partial charge in [0.05, 0.1) is 6.54 Å². The number of benzene rings is 1. The lowest BCUT2D eigenvalue weighted by atomic mass is 10.0. The summed E-state index contributed by atoms with van der Waals surface area (Å²) in [5, 5.41) is 0. The molecule has 2 heterocycles. The standard InChI is InChI=1S/C15H19N3O2/c1-10-2-5-15(19)18(7-6-10)9-14-17-12-4-3-11(16)8-13(12)20-14/h3-4,8,10H,2,5-7,9,16H2,1H3. The molecule has 2 N–H and O–H groups in total. The molecule has 1 atom stereocenters. The van der Waals surface area contributed by atoms with Crippen molar-refractivity contribution >= 4 is 22.7 Å². The van der Waals surface area contributed by atoms with Gasteiger partial charge in [-0.3, -0.25) is 4.79 Å². The quantitative estimate of drug-likeness (QED) is 0.853. The molecule has 0 spiro atoms. The lowest BCUT2D eigenvalue weighted by Crippen LogP contribution is -2.29. The molecule has 20 heavy (non-hydrogen) atoms. The molecule has 1 amide bonds. The normalized spacial score (nSPS) is 20.4. The molecular weight excluding hydrogens is 254 g/mol. The number of hydrogen-bond acceptors (Lipinski definition) is 4. The number of likely N-dealkylation sites (tertiary alicyclic amines) is 1. The first-order chi connectivity index (χ1) is 9.61. The molecule has 5 heteroatoms. The number of oxazole rings is 1. The third-order valence-corrected chi connectivity index (χ3v) is 3.88. The zero-order valence-electron chi connectivity index (χ0n) is 11.6. The van der Waals surface area contributed by atoms with Crippen LogP contribution in [-0.4, -0.2) is 22.3 Å². The maximum atomic E-state index is 12.1. The van der Waals surface area contributed by atoms with Gasteiger partial charge in [-0.2, -0.15) is 0 Å². The number of hydrogen-bond donors (Lipinski definition) is 1. The van der Waals surface area contributed by atoms with Crippen LogP contribution >= 0.6 is 0 Å². The number of fused-ring (bicyclic) bond motifs is 1. The van der Waals surface area contributed by atoms with E-state index in [0.717, 1.165) is 24.9 Å². The smallest absolute Gasteiger partial charge is 0.223 e. The van der Waals surface area contributed by atoms with Crippen LogP contribution in [0.2, 0.25) is 0 Å². The van der Waals surface area contributed by atoms with Crippen molar-refractivity contribution in [2.45, 2.75) is 32.7 Å². The Labute approximate surface area is 117 Å². The van der Waals surface area contributed by atoms with Gasteiger partial charge in [0.25, 0.3) is 0 Å². The van der Waals surface area contributed by atoms with Gasteiger partial charge in [0.1, 0.15) is 5.52 Å². The molecule has 1 fully saturated rings. The van der Waals surface area contributed by atoms with Crippen molar-refractivity contribution in [3.63, 3.8) is 0 Å². The monoisotopic (exact) mass is 273 g/mol. The van der Waals surface area contributed by atoms with Gasteiger partial charge in [0.15, 0.2) is 5.58 Å². The summed E-state index contributed by atoms with van der Waals surface area (Å²) < 4.78 is 5.68. The predicted molar refractivity (Wildman–Crippen MR) is 76.9 cm³/mol. The summed E-state index contributed by atoms with van der Waals surface area (Å²) in [7, 11) is 0. The number of anilines is 1. The van der Waals surface area contributed by atoms with Crippen molar-refractivity contribution in [1.82, 2.24) is 9.88 Å². The molecule has 5 nitrogen and oxygen atoms in total. The number of carbonyl (C=O) groups is 1. The molecule has 1 saturated heterocycles. The summed E-state index contributed by atoms with van der Waals surface area (Å²) in [5.74, 6) is 1.37. The maximum absolute atomic E-state index is 12.1. The first-order valence-electron chi connectivity index (χ1n) is 7.04. The van der Waals surface area contributed by atoms with Crippen LogP contribution in [0.1, 0.15) is 32.1 Å². The Kier molecular flexibility index (Phi) is 3.34. The Morgan fingerprint density at radius 3 is 3.15 bits per heavy atom. The fourth-order valence-corrected chi connectivity index (χ4v) is 2.56. The molecular formula is C15H19N3O2. The Balaban J connectivity index is 1.79. The van der Waals surface area contributed by atoms with Crippen molar-refractivity contribution < 1.29 is 9.21 Å². The van der Waals surface area contributed by atoms with E-state index >= 15 is 0 Å². The molecule has 1 aliphatic rings. The van der Waals surface area contributed by atoms with Gasteiger partial charge in [-0.05, 0) is 30.9 Å². The van der Waals surface area contributed by atoms with Crippen LogP contribution in [0.4, 0.5) is 5.69 Å². The summed E-state index contributed by atoms with van der Waals surface area (Å²) in [6.07, 6.45) is 2.63. The number of rotatable bonds is 2. The van der Waals surface area contributed by atoms with E-state index in [1.165, 1.54) is 0 Å². The van der Waals surface area contributed by atoms with E-state index < -0.39 is 0 Å². The maximum Gasteiger partial charge on any atom is 0.223 e. The number of amides is 1. The van der Waals surface area contributed by atoms with E-state index in [4.69, 9.17) is 10.2 Å². The fourth-order valence-electron chi connectivity index (χ4n) is 2.56. The van der Waals surface area contributed by atoms with Crippen LogP contribution in [-0.2, 0) is 11.3 Å². The van der Waals surface area contributed by atoms with Gasteiger partial charge in [-0.15, -0.1) is 0 Å².